The summed E-state index contributed by atoms with van der Waals surface area (Å²) in [6.45, 7) is 1.17. The van der Waals surface area contributed by atoms with Gasteiger partial charge in [-0.3, -0.25) is 28.8 Å². The number of Topliss-reactive ketones (excluding diaryl/α,β-unsaturated/α-hetero) is 1. The summed E-state index contributed by atoms with van der Waals surface area (Å²) in [4.78, 5) is 47.0. The molecule has 144 valence electrons. The number of aromatic nitrogens is 2. The zero-order chi connectivity index (χ0) is 20.3. The molecule has 0 bridgehead atoms. The lowest BCUT2D eigenvalue weighted by molar-refractivity contribution is -0.385. The van der Waals surface area contributed by atoms with Crippen LogP contribution >= 0.6 is 0 Å². The Morgan fingerprint density at radius 1 is 1.37 bits per heavy atom. The second-order valence-corrected chi connectivity index (χ2v) is 5.64. The Morgan fingerprint density at radius 2 is 2.04 bits per heavy atom. The van der Waals surface area contributed by atoms with E-state index in [9.17, 15) is 28.9 Å². The lowest BCUT2D eigenvalue weighted by Gasteiger charge is -2.14. The van der Waals surface area contributed by atoms with E-state index in [0.29, 0.717) is 6.42 Å². The lowest BCUT2D eigenvalue weighted by atomic mass is 10.2. The van der Waals surface area contributed by atoms with E-state index >= 15 is 0 Å². The molecule has 0 unspecified atom stereocenters. The summed E-state index contributed by atoms with van der Waals surface area (Å²) < 4.78 is 20.2. The van der Waals surface area contributed by atoms with E-state index in [1.165, 1.54) is 7.05 Å². The standard InChI is InChI=1S/C16H17FN4O6/c1-3-6-20-14(18)13(15(23)19(2)16(20)24)11(22)8-27-12-7-9(17)4-5-10(12)21(25)26/h4-5,7H,3,6,8,18H2,1-2H3. The van der Waals surface area contributed by atoms with E-state index in [0.717, 1.165) is 27.3 Å². The number of hydrogen-bond donors (Lipinski definition) is 1. The lowest BCUT2D eigenvalue weighted by Crippen LogP contribution is -2.43. The molecule has 0 amide bonds. The highest BCUT2D eigenvalue weighted by atomic mass is 19.1. The third-order valence-electron chi connectivity index (χ3n) is 3.79. The van der Waals surface area contributed by atoms with Gasteiger partial charge in [0, 0.05) is 25.7 Å². The number of nitrogens with zero attached hydrogens (tertiary/aromatic N) is 3. The van der Waals surface area contributed by atoms with Gasteiger partial charge in [-0.15, -0.1) is 0 Å². The van der Waals surface area contributed by atoms with Crippen LogP contribution in [0.3, 0.4) is 0 Å². The summed E-state index contributed by atoms with van der Waals surface area (Å²) in [5, 5.41) is 11.0. The van der Waals surface area contributed by atoms with Crippen LogP contribution in [0.1, 0.15) is 23.7 Å². The Kier molecular flexibility index (Phi) is 5.73. The van der Waals surface area contributed by atoms with Crippen molar-refractivity contribution in [3.63, 3.8) is 0 Å². The van der Waals surface area contributed by atoms with Gasteiger partial charge < -0.3 is 10.5 Å². The van der Waals surface area contributed by atoms with E-state index in [1.54, 1.807) is 6.92 Å². The van der Waals surface area contributed by atoms with Gasteiger partial charge in [-0.1, -0.05) is 6.92 Å². The fraction of sp³-hybridized carbons (Fsp3) is 0.312. The first-order valence-electron chi connectivity index (χ1n) is 7.88. The van der Waals surface area contributed by atoms with E-state index in [2.05, 4.69) is 0 Å². The SMILES string of the molecule is CCCn1c(N)c(C(=O)COc2cc(F)ccc2[N+](=O)[O-])c(=O)n(C)c1=O. The quantitative estimate of drug-likeness (QED) is 0.426. The van der Waals surface area contributed by atoms with Crippen molar-refractivity contribution in [3.05, 3.63) is 60.5 Å². The predicted molar refractivity (Wildman–Crippen MR) is 93.5 cm³/mol. The van der Waals surface area contributed by atoms with Crippen LogP contribution in [0.2, 0.25) is 0 Å². The van der Waals surface area contributed by atoms with Crippen molar-refractivity contribution in [1.29, 1.82) is 0 Å². The van der Waals surface area contributed by atoms with Crippen LogP contribution in [0.4, 0.5) is 15.9 Å². The van der Waals surface area contributed by atoms with Gasteiger partial charge in [-0.05, 0) is 12.5 Å². The first-order chi connectivity index (χ1) is 12.7. The third-order valence-corrected chi connectivity index (χ3v) is 3.79. The minimum absolute atomic E-state index is 0.190. The number of carbonyl (C=O) groups excluding carboxylic acids is 1. The summed E-state index contributed by atoms with van der Waals surface area (Å²) in [7, 11) is 1.20. The number of rotatable bonds is 7. The van der Waals surface area contributed by atoms with E-state index in [-0.39, 0.29) is 12.4 Å². The highest BCUT2D eigenvalue weighted by molar-refractivity contribution is 6.00. The molecule has 0 saturated carbocycles. The molecule has 1 aromatic heterocycles. The number of nitro groups is 1. The van der Waals surface area contributed by atoms with E-state index < -0.39 is 51.4 Å². The summed E-state index contributed by atoms with van der Waals surface area (Å²) in [6.07, 6.45) is 0.530. The van der Waals surface area contributed by atoms with Gasteiger partial charge in [0.25, 0.3) is 5.56 Å². The number of ketones is 1. The van der Waals surface area contributed by atoms with Crippen molar-refractivity contribution >= 4 is 17.3 Å². The van der Waals surface area contributed by atoms with Crippen molar-refractivity contribution in [1.82, 2.24) is 9.13 Å². The number of nitrogens with two attached hydrogens (primary N) is 1. The molecule has 0 aliphatic rings. The van der Waals surface area contributed by atoms with Crippen molar-refractivity contribution in [2.45, 2.75) is 19.9 Å². The molecular weight excluding hydrogens is 363 g/mol. The normalized spacial score (nSPS) is 10.6. The van der Waals surface area contributed by atoms with Crippen molar-refractivity contribution in [2.24, 2.45) is 7.05 Å². The molecule has 10 nitrogen and oxygen atoms in total. The monoisotopic (exact) mass is 380 g/mol. The highest BCUT2D eigenvalue weighted by Crippen LogP contribution is 2.27. The number of nitro benzene ring substituents is 1. The molecule has 2 N–H and O–H groups in total. The van der Waals surface area contributed by atoms with Gasteiger partial charge in [0.05, 0.1) is 4.92 Å². The van der Waals surface area contributed by atoms with Gasteiger partial charge in [0.15, 0.2) is 12.4 Å². The summed E-state index contributed by atoms with van der Waals surface area (Å²) in [6, 6.07) is 2.52. The summed E-state index contributed by atoms with van der Waals surface area (Å²) in [5.41, 5.74) is 3.23. The second kappa shape index (κ2) is 7.81. The number of nitrogen functional groups attached to an aromatic ring is 1. The second-order valence-electron chi connectivity index (χ2n) is 5.64. The molecule has 2 rings (SSSR count). The first-order valence-corrected chi connectivity index (χ1v) is 7.88. The van der Waals surface area contributed by atoms with E-state index in [4.69, 9.17) is 10.5 Å². The van der Waals surface area contributed by atoms with Crippen LogP contribution in [0.25, 0.3) is 0 Å². The molecule has 0 fully saturated rings. The van der Waals surface area contributed by atoms with Crippen LogP contribution in [0.15, 0.2) is 27.8 Å². The molecule has 1 aromatic carbocycles. The molecule has 0 spiro atoms. The molecule has 0 atom stereocenters. The van der Waals surface area contributed by atoms with E-state index in [1.807, 2.05) is 0 Å². The molecule has 0 aliphatic carbocycles. The van der Waals surface area contributed by atoms with Gasteiger partial charge in [0.2, 0.25) is 5.78 Å². The Morgan fingerprint density at radius 3 is 2.63 bits per heavy atom. The Hall–Kier alpha value is -3.50. The van der Waals surface area contributed by atoms with Crippen LogP contribution in [0.5, 0.6) is 5.75 Å². The van der Waals surface area contributed by atoms with Crippen LogP contribution in [-0.4, -0.2) is 26.4 Å². The zero-order valence-electron chi connectivity index (χ0n) is 14.6. The van der Waals surface area contributed by atoms with Crippen molar-refractivity contribution < 1.29 is 18.8 Å². The Labute approximate surface area is 151 Å². The molecular formula is C16H17FN4O6. The number of hydrogen-bond acceptors (Lipinski definition) is 7. The number of anilines is 1. The van der Waals surface area contributed by atoms with Crippen LogP contribution in [-0.2, 0) is 13.6 Å². The highest BCUT2D eigenvalue weighted by Gasteiger charge is 2.23. The maximum Gasteiger partial charge on any atom is 0.332 e. The number of halogens is 1. The van der Waals surface area contributed by atoms with Crippen LogP contribution < -0.4 is 21.7 Å². The topological polar surface area (TPSA) is 139 Å². The molecule has 0 radical (unpaired) electrons. The summed E-state index contributed by atoms with van der Waals surface area (Å²) >= 11 is 0. The fourth-order valence-corrected chi connectivity index (χ4v) is 2.45. The van der Waals surface area contributed by atoms with Crippen molar-refractivity contribution in [2.75, 3.05) is 12.3 Å². The number of benzene rings is 1. The Bertz CT molecular complexity index is 1030. The zero-order valence-corrected chi connectivity index (χ0v) is 14.6. The van der Waals surface area contributed by atoms with Gasteiger partial charge >= 0.3 is 11.4 Å². The Balaban J connectivity index is 2.41. The molecule has 0 saturated heterocycles. The fourth-order valence-electron chi connectivity index (χ4n) is 2.45. The minimum Gasteiger partial charge on any atom is -0.478 e. The molecule has 27 heavy (non-hydrogen) atoms. The third kappa shape index (κ3) is 3.86. The largest absolute Gasteiger partial charge is 0.478 e. The molecule has 1 heterocycles. The average Bonchev–Trinajstić information content (AvgIpc) is 2.61. The smallest absolute Gasteiger partial charge is 0.332 e. The van der Waals surface area contributed by atoms with Gasteiger partial charge in [0.1, 0.15) is 17.2 Å². The van der Waals surface area contributed by atoms with Crippen LogP contribution in [0, 0.1) is 15.9 Å². The predicted octanol–water partition coefficient (Wildman–Crippen LogP) is 0.848. The van der Waals surface area contributed by atoms with Gasteiger partial charge in [-0.2, -0.15) is 0 Å². The van der Waals surface area contributed by atoms with Gasteiger partial charge in [-0.25, -0.2) is 9.18 Å². The minimum atomic E-state index is -0.910. The number of ether oxygens (including phenoxy) is 1. The maximum absolute atomic E-state index is 13.3. The summed E-state index contributed by atoms with van der Waals surface area (Å²) in [5.74, 6) is -2.47. The maximum atomic E-state index is 13.3. The average molecular weight is 380 g/mol. The van der Waals surface area contributed by atoms with Crippen molar-refractivity contribution in [3.8, 4) is 5.75 Å². The first kappa shape index (κ1) is 19.8. The molecule has 11 heteroatoms. The molecule has 2 aromatic rings. The number of carbonyl (C=O) groups is 1. The molecule has 0 aliphatic heterocycles.